The maximum Gasteiger partial charge on any atom is 0.265 e. The summed E-state index contributed by atoms with van der Waals surface area (Å²) >= 11 is 0. The minimum atomic E-state index is -0.125. The largest absolute Gasteiger partial charge is 0.482 e. The van der Waals surface area contributed by atoms with Crippen molar-refractivity contribution in [3.05, 3.63) is 53.6 Å². The summed E-state index contributed by atoms with van der Waals surface area (Å²) in [5.74, 6) is 0.498. The van der Waals surface area contributed by atoms with Crippen LogP contribution < -0.4 is 20.7 Å². The van der Waals surface area contributed by atoms with Crippen molar-refractivity contribution in [3.8, 4) is 5.75 Å². The molecule has 7 heteroatoms. The van der Waals surface area contributed by atoms with Crippen LogP contribution in [0.25, 0.3) is 0 Å². The molecule has 0 bridgehead atoms. The first kappa shape index (κ1) is 20.0. The quantitative estimate of drug-likeness (QED) is 0.771. The molecule has 1 heterocycles. The molecular weight excluding hydrogens is 378 g/mol. The maximum absolute atomic E-state index is 12.5. The van der Waals surface area contributed by atoms with Crippen molar-refractivity contribution in [1.29, 1.82) is 0 Å². The standard InChI is InChI=1S/C21H23N3O3.ClH/c22-15-8-9-16-14(12-15)4-3-5-17(16)23-20(25)10-11-24-18-6-1-2-7-19(18)27-13-21(24)26;/h1-2,6-9,12,17H,3-5,10-11,13,22H2,(H,23,25);1H. The Kier molecular flexibility index (Phi) is 6.09. The predicted octanol–water partition coefficient (Wildman–Crippen LogP) is 3.00. The molecule has 148 valence electrons. The Morgan fingerprint density at radius 2 is 2.07 bits per heavy atom. The molecule has 0 saturated carbocycles. The molecule has 2 aromatic carbocycles. The second-order valence-corrected chi connectivity index (χ2v) is 7.02. The van der Waals surface area contributed by atoms with Crippen LogP contribution in [0.5, 0.6) is 5.75 Å². The van der Waals surface area contributed by atoms with Gasteiger partial charge in [-0.15, -0.1) is 12.4 Å². The van der Waals surface area contributed by atoms with E-state index in [0.29, 0.717) is 12.3 Å². The molecule has 6 nitrogen and oxygen atoms in total. The number of hydrogen-bond acceptors (Lipinski definition) is 4. The van der Waals surface area contributed by atoms with Gasteiger partial charge in [0.25, 0.3) is 5.91 Å². The average molecular weight is 402 g/mol. The summed E-state index contributed by atoms with van der Waals surface area (Å²) in [6, 6.07) is 13.3. The second kappa shape index (κ2) is 8.52. The normalized spacial score (nSPS) is 17.6. The topological polar surface area (TPSA) is 84.7 Å². The summed E-state index contributed by atoms with van der Waals surface area (Å²) in [5, 5.41) is 3.12. The van der Waals surface area contributed by atoms with Crippen LogP contribution in [0.15, 0.2) is 42.5 Å². The van der Waals surface area contributed by atoms with E-state index in [1.54, 1.807) is 4.90 Å². The lowest BCUT2D eigenvalue weighted by molar-refractivity contribution is -0.122. The average Bonchev–Trinajstić information content (AvgIpc) is 2.67. The lowest BCUT2D eigenvalue weighted by atomic mass is 9.87. The van der Waals surface area contributed by atoms with Crippen molar-refractivity contribution in [3.63, 3.8) is 0 Å². The number of nitrogens with two attached hydrogens (primary N) is 1. The monoisotopic (exact) mass is 401 g/mol. The number of benzene rings is 2. The number of halogens is 1. The maximum atomic E-state index is 12.5. The number of rotatable bonds is 4. The first-order valence-electron chi connectivity index (χ1n) is 9.31. The summed E-state index contributed by atoms with van der Waals surface area (Å²) < 4.78 is 5.44. The zero-order valence-electron chi connectivity index (χ0n) is 15.5. The van der Waals surface area contributed by atoms with Crippen LogP contribution in [0, 0.1) is 0 Å². The van der Waals surface area contributed by atoms with Crippen LogP contribution >= 0.6 is 12.4 Å². The van der Waals surface area contributed by atoms with Crippen molar-refractivity contribution >= 4 is 35.6 Å². The predicted molar refractivity (Wildman–Crippen MR) is 111 cm³/mol. The van der Waals surface area contributed by atoms with Gasteiger partial charge in [0.15, 0.2) is 6.61 Å². The molecule has 28 heavy (non-hydrogen) atoms. The van der Waals surface area contributed by atoms with E-state index in [9.17, 15) is 9.59 Å². The SMILES string of the molecule is Cl.Nc1ccc2c(c1)CCCC2NC(=O)CCN1C(=O)COc2ccccc21. The van der Waals surface area contributed by atoms with Crippen molar-refractivity contribution in [2.24, 2.45) is 0 Å². The molecule has 0 spiro atoms. The molecule has 3 N–H and O–H groups in total. The van der Waals surface area contributed by atoms with Crippen molar-refractivity contribution in [2.45, 2.75) is 31.7 Å². The van der Waals surface area contributed by atoms with Gasteiger partial charge in [0.05, 0.1) is 11.7 Å². The first-order valence-corrected chi connectivity index (χ1v) is 9.31. The van der Waals surface area contributed by atoms with E-state index < -0.39 is 0 Å². The van der Waals surface area contributed by atoms with E-state index >= 15 is 0 Å². The van der Waals surface area contributed by atoms with E-state index in [0.717, 1.165) is 36.2 Å². The van der Waals surface area contributed by atoms with Gasteiger partial charge in [-0.25, -0.2) is 0 Å². The number of carbonyl (C=O) groups excluding carboxylic acids is 2. The fraction of sp³-hybridized carbons (Fsp3) is 0.333. The number of nitrogens with zero attached hydrogens (tertiary/aromatic N) is 1. The number of aryl methyl sites for hydroxylation is 1. The van der Waals surface area contributed by atoms with E-state index in [1.807, 2.05) is 42.5 Å². The Hall–Kier alpha value is -2.73. The third-order valence-corrected chi connectivity index (χ3v) is 5.19. The summed E-state index contributed by atoms with van der Waals surface area (Å²) in [7, 11) is 0. The highest BCUT2D eigenvalue weighted by atomic mass is 35.5. The van der Waals surface area contributed by atoms with Crippen LogP contribution in [0.1, 0.15) is 36.4 Å². The first-order chi connectivity index (χ1) is 13.1. The number of nitrogens with one attached hydrogen (secondary N) is 1. The highest BCUT2D eigenvalue weighted by Crippen LogP contribution is 2.32. The van der Waals surface area contributed by atoms with E-state index in [4.69, 9.17) is 10.5 Å². The number of ether oxygens (including phenoxy) is 1. The van der Waals surface area contributed by atoms with Crippen molar-refractivity contribution in [2.75, 3.05) is 23.8 Å². The lowest BCUT2D eigenvalue weighted by Crippen LogP contribution is -2.41. The fourth-order valence-electron chi connectivity index (χ4n) is 3.86. The van der Waals surface area contributed by atoms with Crippen molar-refractivity contribution < 1.29 is 14.3 Å². The van der Waals surface area contributed by atoms with E-state index in [1.165, 1.54) is 5.56 Å². The smallest absolute Gasteiger partial charge is 0.265 e. The second-order valence-electron chi connectivity index (χ2n) is 7.02. The van der Waals surface area contributed by atoms with Gasteiger partial charge in [-0.1, -0.05) is 18.2 Å². The highest BCUT2D eigenvalue weighted by molar-refractivity contribution is 5.98. The Morgan fingerprint density at radius 1 is 1.25 bits per heavy atom. The van der Waals surface area contributed by atoms with Gasteiger partial charge in [0.1, 0.15) is 5.75 Å². The summed E-state index contributed by atoms with van der Waals surface area (Å²) in [5.41, 5.74) is 9.71. The number of para-hydroxylation sites is 2. The fourth-order valence-corrected chi connectivity index (χ4v) is 3.86. The molecule has 0 saturated heterocycles. The third-order valence-electron chi connectivity index (χ3n) is 5.19. The minimum Gasteiger partial charge on any atom is -0.482 e. The Labute approximate surface area is 170 Å². The van der Waals surface area contributed by atoms with E-state index in [-0.39, 0.29) is 43.3 Å². The number of hydrogen-bond donors (Lipinski definition) is 2. The molecule has 4 rings (SSSR count). The van der Waals surface area contributed by atoms with Crippen molar-refractivity contribution in [1.82, 2.24) is 5.32 Å². The molecule has 1 atom stereocenters. The molecule has 1 unspecified atom stereocenters. The molecular formula is C21H24ClN3O3. The molecule has 1 aliphatic heterocycles. The number of anilines is 2. The Balaban J connectivity index is 0.00000225. The van der Waals surface area contributed by atoms with Crippen LogP contribution in [0.4, 0.5) is 11.4 Å². The summed E-state index contributed by atoms with van der Waals surface area (Å²) in [6.07, 6.45) is 3.19. The molecule has 0 fully saturated rings. The lowest BCUT2D eigenvalue weighted by Gasteiger charge is -2.30. The van der Waals surface area contributed by atoms with E-state index in [2.05, 4.69) is 5.32 Å². The van der Waals surface area contributed by atoms with Gasteiger partial charge in [-0.3, -0.25) is 9.59 Å². The van der Waals surface area contributed by atoms with Gasteiger partial charge in [-0.2, -0.15) is 0 Å². The van der Waals surface area contributed by atoms with Gasteiger partial charge in [0.2, 0.25) is 5.91 Å². The van der Waals surface area contributed by atoms with Crippen LogP contribution in [-0.4, -0.2) is 25.0 Å². The summed E-state index contributed by atoms with van der Waals surface area (Å²) in [6.45, 7) is 0.350. The Morgan fingerprint density at radius 3 is 2.93 bits per heavy atom. The molecule has 0 aromatic heterocycles. The zero-order chi connectivity index (χ0) is 18.8. The number of amides is 2. The number of fused-ring (bicyclic) bond motifs is 2. The molecule has 0 radical (unpaired) electrons. The van der Waals surface area contributed by atoms with Gasteiger partial charge in [0, 0.05) is 18.7 Å². The molecule has 2 aliphatic rings. The van der Waals surface area contributed by atoms with Crippen LogP contribution in [-0.2, 0) is 16.0 Å². The third kappa shape index (κ3) is 4.07. The van der Waals surface area contributed by atoms with Gasteiger partial charge < -0.3 is 20.7 Å². The van der Waals surface area contributed by atoms with Crippen LogP contribution in [0.2, 0.25) is 0 Å². The summed E-state index contributed by atoms with van der Waals surface area (Å²) in [4.78, 5) is 26.4. The highest BCUT2D eigenvalue weighted by Gasteiger charge is 2.26. The molecule has 2 aromatic rings. The Bertz CT molecular complexity index is 887. The molecule has 2 amide bonds. The molecule has 1 aliphatic carbocycles. The van der Waals surface area contributed by atoms with Gasteiger partial charge in [-0.05, 0) is 54.7 Å². The number of carbonyl (C=O) groups is 2. The number of nitrogen functional groups attached to an aromatic ring is 1. The van der Waals surface area contributed by atoms with Gasteiger partial charge >= 0.3 is 0 Å². The minimum absolute atomic E-state index is 0. The van der Waals surface area contributed by atoms with Crippen LogP contribution in [0.3, 0.4) is 0 Å². The zero-order valence-corrected chi connectivity index (χ0v) is 16.3.